The molecule has 2 heterocycles. The minimum Gasteiger partial charge on any atom is -0.447 e. The molecule has 0 aromatic carbocycles. The van der Waals surface area contributed by atoms with E-state index in [0.717, 1.165) is 10.2 Å². The second-order valence-corrected chi connectivity index (χ2v) is 3.61. The van der Waals surface area contributed by atoms with Crippen molar-refractivity contribution in [3.63, 3.8) is 0 Å². The SMILES string of the molecule is O=C1N[C@H](c2ccc(Br)cn2)CO1. The molecule has 1 atom stereocenters. The van der Waals surface area contributed by atoms with Gasteiger partial charge >= 0.3 is 6.09 Å². The van der Waals surface area contributed by atoms with Crippen LogP contribution in [0.3, 0.4) is 0 Å². The zero-order valence-electron chi connectivity index (χ0n) is 6.66. The first-order valence-corrected chi connectivity index (χ1v) is 4.60. The smallest absolute Gasteiger partial charge is 0.407 e. The van der Waals surface area contributed by atoms with Gasteiger partial charge in [0.25, 0.3) is 0 Å². The van der Waals surface area contributed by atoms with Crippen LogP contribution in [-0.2, 0) is 4.74 Å². The molecule has 1 fully saturated rings. The molecule has 1 aromatic rings. The van der Waals surface area contributed by atoms with E-state index in [1.54, 1.807) is 6.20 Å². The third-order valence-electron chi connectivity index (χ3n) is 1.78. The van der Waals surface area contributed by atoms with Gasteiger partial charge in [0.1, 0.15) is 12.6 Å². The van der Waals surface area contributed by atoms with Crippen LogP contribution in [0.2, 0.25) is 0 Å². The topological polar surface area (TPSA) is 51.2 Å². The first-order chi connectivity index (χ1) is 6.25. The molecular weight excluding hydrogens is 236 g/mol. The molecule has 0 radical (unpaired) electrons. The molecule has 0 aliphatic carbocycles. The molecule has 1 aliphatic rings. The molecule has 13 heavy (non-hydrogen) atoms. The van der Waals surface area contributed by atoms with E-state index in [2.05, 4.69) is 26.2 Å². The summed E-state index contributed by atoms with van der Waals surface area (Å²) < 4.78 is 5.67. The number of alkyl carbamates (subject to hydrolysis) is 1. The standard InChI is InChI=1S/C8H7BrN2O2/c9-5-1-2-6(10-3-5)7-4-13-8(12)11-7/h1-3,7H,4H2,(H,11,12)/t7-/m0/s1. The molecule has 2 rings (SSSR count). The molecule has 1 N–H and O–H groups in total. The molecule has 0 saturated carbocycles. The number of cyclic esters (lactones) is 1. The number of rotatable bonds is 1. The van der Waals surface area contributed by atoms with Gasteiger partial charge in [-0.05, 0) is 28.1 Å². The molecule has 0 spiro atoms. The molecule has 0 bridgehead atoms. The summed E-state index contributed by atoms with van der Waals surface area (Å²) in [6, 6.07) is 3.62. The van der Waals surface area contributed by atoms with Gasteiger partial charge in [-0.3, -0.25) is 4.98 Å². The molecule has 1 aliphatic heterocycles. The molecule has 0 unspecified atom stereocenters. The third kappa shape index (κ3) is 1.80. The maximum atomic E-state index is 10.7. The quantitative estimate of drug-likeness (QED) is 0.815. The van der Waals surface area contributed by atoms with Crippen molar-refractivity contribution in [2.45, 2.75) is 6.04 Å². The Hall–Kier alpha value is -1.10. The van der Waals surface area contributed by atoms with E-state index in [-0.39, 0.29) is 12.1 Å². The number of halogens is 1. The Kier molecular flexibility index (Phi) is 2.18. The lowest BCUT2D eigenvalue weighted by atomic mass is 10.2. The molecule has 1 saturated heterocycles. The monoisotopic (exact) mass is 242 g/mol. The van der Waals surface area contributed by atoms with Crippen molar-refractivity contribution in [2.75, 3.05) is 6.61 Å². The predicted molar refractivity (Wildman–Crippen MR) is 49.2 cm³/mol. The van der Waals surface area contributed by atoms with Crippen molar-refractivity contribution in [2.24, 2.45) is 0 Å². The Balaban J connectivity index is 2.17. The highest BCUT2D eigenvalue weighted by Gasteiger charge is 2.24. The largest absolute Gasteiger partial charge is 0.447 e. The number of hydrogen-bond acceptors (Lipinski definition) is 3. The number of nitrogens with one attached hydrogen (secondary N) is 1. The van der Waals surface area contributed by atoms with Gasteiger partial charge in [0.2, 0.25) is 0 Å². The second kappa shape index (κ2) is 3.33. The van der Waals surface area contributed by atoms with Gasteiger partial charge in [-0.25, -0.2) is 4.79 Å². The molecule has 1 amide bonds. The van der Waals surface area contributed by atoms with Gasteiger partial charge in [0.15, 0.2) is 0 Å². The Labute approximate surface area is 83.4 Å². The fourth-order valence-electron chi connectivity index (χ4n) is 1.14. The second-order valence-electron chi connectivity index (χ2n) is 2.70. The number of carbonyl (C=O) groups excluding carboxylic acids is 1. The van der Waals surface area contributed by atoms with Crippen LogP contribution in [-0.4, -0.2) is 17.7 Å². The minimum absolute atomic E-state index is 0.111. The highest BCUT2D eigenvalue weighted by atomic mass is 79.9. The molecular formula is C8H7BrN2O2. The highest BCUT2D eigenvalue weighted by Crippen LogP contribution is 2.17. The van der Waals surface area contributed by atoms with Crippen molar-refractivity contribution in [3.05, 3.63) is 28.5 Å². The van der Waals surface area contributed by atoms with Crippen molar-refractivity contribution < 1.29 is 9.53 Å². The summed E-state index contributed by atoms with van der Waals surface area (Å²) in [7, 11) is 0. The number of ether oxygens (including phenoxy) is 1. The fourth-order valence-corrected chi connectivity index (χ4v) is 1.37. The summed E-state index contributed by atoms with van der Waals surface area (Å²) >= 11 is 3.28. The zero-order chi connectivity index (χ0) is 9.26. The summed E-state index contributed by atoms with van der Waals surface area (Å²) in [6.07, 6.45) is 1.31. The minimum atomic E-state index is -0.380. The van der Waals surface area contributed by atoms with Crippen LogP contribution in [0, 0.1) is 0 Å². The lowest BCUT2D eigenvalue weighted by Gasteiger charge is -2.05. The summed E-state index contributed by atoms with van der Waals surface area (Å²) in [5.41, 5.74) is 0.814. The van der Waals surface area contributed by atoms with Crippen molar-refractivity contribution >= 4 is 22.0 Å². The van der Waals surface area contributed by atoms with Crippen LogP contribution in [0.25, 0.3) is 0 Å². The number of pyridine rings is 1. The summed E-state index contributed by atoms with van der Waals surface area (Å²) in [4.78, 5) is 14.9. The Bertz CT molecular complexity index is 325. The normalized spacial score (nSPS) is 21.0. The van der Waals surface area contributed by atoms with E-state index < -0.39 is 0 Å². The van der Waals surface area contributed by atoms with Crippen LogP contribution in [0.15, 0.2) is 22.8 Å². The van der Waals surface area contributed by atoms with E-state index >= 15 is 0 Å². The average Bonchev–Trinajstić information content (AvgIpc) is 2.53. The van der Waals surface area contributed by atoms with Crippen LogP contribution in [0.5, 0.6) is 0 Å². The molecule has 5 heteroatoms. The van der Waals surface area contributed by atoms with Gasteiger partial charge in [-0.15, -0.1) is 0 Å². The third-order valence-corrected chi connectivity index (χ3v) is 2.25. The van der Waals surface area contributed by atoms with E-state index in [1.807, 2.05) is 12.1 Å². The van der Waals surface area contributed by atoms with Gasteiger partial charge in [-0.1, -0.05) is 0 Å². The lowest BCUT2D eigenvalue weighted by molar-refractivity contribution is 0.177. The summed E-state index contributed by atoms with van der Waals surface area (Å²) in [6.45, 7) is 0.355. The highest BCUT2D eigenvalue weighted by molar-refractivity contribution is 9.10. The lowest BCUT2D eigenvalue weighted by Crippen LogP contribution is -2.19. The summed E-state index contributed by atoms with van der Waals surface area (Å²) in [5.74, 6) is 0. The first kappa shape index (κ1) is 8.50. The molecule has 1 aromatic heterocycles. The molecule has 4 nitrogen and oxygen atoms in total. The number of hydrogen-bond donors (Lipinski definition) is 1. The maximum absolute atomic E-state index is 10.7. The van der Waals surface area contributed by atoms with Crippen molar-refractivity contribution in [3.8, 4) is 0 Å². The van der Waals surface area contributed by atoms with E-state index in [9.17, 15) is 4.79 Å². The zero-order valence-corrected chi connectivity index (χ0v) is 8.24. The first-order valence-electron chi connectivity index (χ1n) is 3.80. The van der Waals surface area contributed by atoms with Crippen LogP contribution in [0.1, 0.15) is 11.7 Å². The van der Waals surface area contributed by atoms with Crippen LogP contribution >= 0.6 is 15.9 Å². The predicted octanol–water partition coefficient (Wildman–Crippen LogP) is 1.62. The van der Waals surface area contributed by atoms with Gasteiger partial charge in [0, 0.05) is 10.7 Å². The Morgan fingerprint density at radius 3 is 3.00 bits per heavy atom. The van der Waals surface area contributed by atoms with E-state index in [1.165, 1.54) is 0 Å². The van der Waals surface area contributed by atoms with Gasteiger partial charge in [-0.2, -0.15) is 0 Å². The van der Waals surface area contributed by atoms with E-state index in [0.29, 0.717) is 6.61 Å². The summed E-state index contributed by atoms with van der Waals surface area (Å²) in [5, 5.41) is 2.65. The number of amides is 1. The maximum Gasteiger partial charge on any atom is 0.407 e. The number of nitrogens with zero attached hydrogens (tertiary/aromatic N) is 1. The fraction of sp³-hybridized carbons (Fsp3) is 0.250. The molecule has 68 valence electrons. The number of carbonyl (C=O) groups is 1. The van der Waals surface area contributed by atoms with Crippen molar-refractivity contribution in [1.29, 1.82) is 0 Å². The average molecular weight is 243 g/mol. The van der Waals surface area contributed by atoms with Crippen LogP contribution < -0.4 is 5.32 Å². The Morgan fingerprint density at radius 1 is 1.62 bits per heavy atom. The number of aromatic nitrogens is 1. The van der Waals surface area contributed by atoms with E-state index in [4.69, 9.17) is 4.74 Å². The van der Waals surface area contributed by atoms with Crippen LogP contribution in [0.4, 0.5) is 4.79 Å². The van der Waals surface area contributed by atoms with Crippen molar-refractivity contribution in [1.82, 2.24) is 10.3 Å². The Morgan fingerprint density at radius 2 is 2.46 bits per heavy atom. The van der Waals surface area contributed by atoms with Gasteiger partial charge < -0.3 is 10.1 Å². The van der Waals surface area contributed by atoms with Gasteiger partial charge in [0.05, 0.1) is 5.69 Å².